The molecule has 2 rings (SSSR count). The Bertz CT molecular complexity index is 736. The van der Waals surface area contributed by atoms with Crippen LogP contribution in [0.2, 0.25) is 0 Å². The van der Waals surface area contributed by atoms with E-state index in [0.717, 1.165) is 40.6 Å². The van der Waals surface area contributed by atoms with Gasteiger partial charge in [0.15, 0.2) is 0 Å². The van der Waals surface area contributed by atoms with Gasteiger partial charge in [-0.2, -0.15) is 0 Å². The number of aryl methyl sites for hydroxylation is 1. The summed E-state index contributed by atoms with van der Waals surface area (Å²) in [5.74, 6) is 0.553. The van der Waals surface area contributed by atoms with Crippen molar-refractivity contribution in [3.63, 3.8) is 0 Å². The van der Waals surface area contributed by atoms with Gasteiger partial charge in [0, 0.05) is 31.3 Å². The van der Waals surface area contributed by atoms with Crippen molar-refractivity contribution in [2.75, 3.05) is 20.3 Å². The molecule has 6 heteroatoms. The summed E-state index contributed by atoms with van der Waals surface area (Å²) in [6.07, 6.45) is 4.68. The molecule has 150 valence electrons. The van der Waals surface area contributed by atoms with Gasteiger partial charge in [-0.3, -0.25) is 4.79 Å². The first kappa shape index (κ1) is 21.6. The molecule has 0 bridgehead atoms. The minimum Gasteiger partial charge on any atom is -0.383 e. The molecular weight excluding hydrogens is 358 g/mol. The van der Waals surface area contributed by atoms with Crippen molar-refractivity contribution in [2.45, 2.75) is 59.9 Å². The molecule has 1 unspecified atom stereocenters. The molecule has 0 aromatic carbocycles. The Morgan fingerprint density at radius 3 is 2.74 bits per heavy atom. The number of rotatable bonds is 11. The minimum atomic E-state index is 0.00631. The van der Waals surface area contributed by atoms with E-state index in [-0.39, 0.29) is 5.91 Å². The van der Waals surface area contributed by atoms with Crippen LogP contribution < -0.4 is 5.32 Å². The van der Waals surface area contributed by atoms with Crippen LogP contribution in [0.15, 0.2) is 11.4 Å². The second-order valence-corrected chi connectivity index (χ2v) is 8.11. The van der Waals surface area contributed by atoms with Crippen LogP contribution in [0, 0.1) is 19.8 Å². The number of nitrogens with one attached hydrogen (secondary N) is 1. The van der Waals surface area contributed by atoms with Crippen LogP contribution in [0.25, 0.3) is 11.4 Å². The van der Waals surface area contributed by atoms with E-state index < -0.39 is 0 Å². The SMILES string of the molecule is CCCCC(CC)CNC(=O)c1cc(-c2csc(C)n2)n(CCOC)c1C. The van der Waals surface area contributed by atoms with E-state index in [1.165, 1.54) is 19.3 Å². The highest BCUT2D eigenvalue weighted by atomic mass is 32.1. The summed E-state index contributed by atoms with van der Waals surface area (Å²) >= 11 is 1.62. The van der Waals surface area contributed by atoms with Gasteiger partial charge in [0.25, 0.3) is 5.91 Å². The summed E-state index contributed by atoms with van der Waals surface area (Å²) in [6.45, 7) is 10.4. The number of carbonyl (C=O) groups excluding carboxylic acids is 1. The van der Waals surface area contributed by atoms with E-state index in [0.29, 0.717) is 19.1 Å². The fourth-order valence-corrected chi connectivity index (χ4v) is 3.92. The van der Waals surface area contributed by atoms with Gasteiger partial charge < -0.3 is 14.6 Å². The number of hydrogen-bond acceptors (Lipinski definition) is 4. The quantitative estimate of drug-likeness (QED) is 0.597. The highest BCUT2D eigenvalue weighted by Gasteiger charge is 2.20. The molecule has 1 N–H and O–H groups in total. The third kappa shape index (κ3) is 5.66. The van der Waals surface area contributed by atoms with Crippen LogP contribution in [0.1, 0.15) is 60.6 Å². The maximum Gasteiger partial charge on any atom is 0.253 e. The summed E-state index contributed by atoms with van der Waals surface area (Å²) < 4.78 is 7.40. The lowest BCUT2D eigenvalue weighted by Gasteiger charge is -2.15. The number of methoxy groups -OCH3 is 1. The van der Waals surface area contributed by atoms with Gasteiger partial charge in [-0.1, -0.05) is 33.1 Å². The first-order valence-corrected chi connectivity index (χ1v) is 10.8. The van der Waals surface area contributed by atoms with E-state index in [4.69, 9.17) is 4.74 Å². The standard InChI is InChI=1S/C21H33N3O2S/c1-6-8-9-17(7-2)13-22-21(25)18-12-20(19-14-27-16(4)23-19)24(15(18)3)10-11-26-5/h12,14,17H,6-11,13H2,1-5H3,(H,22,25). The van der Waals surface area contributed by atoms with Gasteiger partial charge in [0.2, 0.25) is 0 Å². The smallest absolute Gasteiger partial charge is 0.253 e. The van der Waals surface area contributed by atoms with Crippen LogP contribution in [0.5, 0.6) is 0 Å². The Balaban J connectivity index is 2.20. The van der Waals surface area contributed by atoms with Gasteiger partial charge in [0.1, 0.15) is 0 Å². The molecule has 2 aromatic heterocycles. The third-order valence-corrected chi connectivity index (χ3v) is 5.88. The second-order valence-electron chi connectivity index (χ2n) is 7.05. The molecule has 0 aliphatic heterocycles. The number of nitrogens with zero attached hydrogens (tertiary/aromatic N) is 2. The Morgan fingerprint density at radius 2 is 2.15 bits per heavy atom. The second kappa shape index (κ2) is 10.6. The van der Waals surface area contributed by atoms with E-state index in [1.54, 1.807) is 18.4 Å². The summed E-state index contributed by atoms with van der Waals surface area (Å²) in [6, 6.07) is 1.97. The Labute approximate surface area is 167 Å². The molecule has 0 fully saturated rings. The van der Waals surface area contributed by atoms with Gasteiger partial charge >= 0.3 is 0 Å². The number of ether oxygens (including phenoxy) is 1. The Morgan fingerprint density at radius 1 is 1.37 bits per heavy atom. The fraction of sp³-hybridized carbons (Fsp3) is 0.619. The Kier molecular flexibility index (Phi) is 8.51. The van der Waals surface area contributed by atoms with Crippen LogP contribution in [-0.2, 0) is 11.3 Å². The summed E-state index contributed by atoms with van der Waals surface area (Å²) in [7, 11) is 1.69. The number of carbonyl (C=O) groups is 1. The normalized spacial score (nSPS) is 12.3. The van der Waals surface area contributed by atoms with Crippen molar-refractivity contribution in [3.05, 3.63) is 27.7 Å². The topological polar surface area (TPSA) is 56.2 Å². The number of hydrogen-bond donors (Lipinski definition) is 1. The number of unbranched alkanes of at least 4 members (excludes halogenated alkanes) is 1. The zero-order chi connectivity index (χ0) is 19.8. The van der Waals surface area contributed by atoms with Crippen LogP contribution in [0.3, 0.4) is 0 Å². The molecule has 0 saturated heterocycles. The average molecular weight is 392 g/mol. The predicted octanol–water partition coefficient (Wildman–Crippen LogP) is 4.82. The highest BCUT2D eigenvalue weighted by Crippen LogP contribution is 2.27. The lowest BCUT2D eigenvalue weighted by molar-refractivity contribution is 0.0945. The molecule has 0 aliphatic rings. The molecule has 2 heterocycles. The maximum atomic E-state index is 12.9. The lowest BCUT2D eigenvalue weighted by Crippen LogP contribution is -2.29. The van der Waals surface area contributed by atoms with Gasteiger partial charge in [-0.05, 0) is 32.3 Å². The van der Waals surface area contributed by atoms with Crippen molar-refractivity contribution in [1.82, 2.24) is 14.9 Å². The molecule has 0 aliphatic carbocycles. The molecule has 0 saturated carbocycles. The van der Waals surface area contributed by atoms with Crippen molar-refractivity contribution in [1.29, 1.82) is 0 Å². The van der Waals surface area contributed by atoms with Crippen LogP contribution in [0.4, 0.5) is 0 Å². The molecule has 0 spiro atoms. The highest BCUT2D eigenvalue weighted by molar-refractivity contribution is 7.09. The van der Waals surface area contributed by atoms with Crippen molar-refractivity contribution in [3.8, 4) is 11.4 Å². The molecule has 27 heavy (non-hydrogen) atoms. The number of aromatic nitrogens is 2. The van der Waals surface area contributed by atoms with Gasteiger partial charge in [0.05, 0.1) is 28.6 Å². The van der Waals surface area contributed by atoms with Crippen LogP contribution in [-0.4, -0.2) is 35.7 Å². The summed E-state index contributed by atoms with van der Waals surface area (Å²) in [5.41, 5.74) is 3.60. The molecule has 0 radical (unpaired) electrons. The van der Waals surface area contributed by atoms with Crippen molar-refractivity contribution in [2.24, 2.45) is 5.92 Å². The Hall–Kier alpha value is -1.66. The summed E-state index contributed by atoms with van der Waals surface area (Å²) in [4.78, 5) is 17.5. The number of thiazole rings is 1. The van der Waals surface area contributed by atoms with Crippen LogP contribution >= 0.6 is 11.3 Å². The maximum absolute atomic E-state index is 12.9. The molecule has 1 amide bonds. The molecule has 5 nitrogen and oxygen atoms in total. The average Bonchev–Trinajstić information content (AvgIpc) is 3.23. The third-order valence-electron chi connectivity index (χ3n) is 5.11. The lowest BCUT2D eigenvalue weighted by atomic mass is 9.99. The first-order chi connectivity index (χ1) is 13.0. The molecule has 2 aromatic rings. The van der Waals surface area contributed by atoms with Crippen molar-refractivity contribution < 1.29 is 9.53 Å². The largest absolute Gasteiger partial charge is 0.383 e. The van der Waals surface area contributed by atoms with Crippen molar-refractivity contribution >= 4 is 17.2 Å². The minimum absolute atomic E-state index is 0.00631. The monoisotopic (exact) mass is 391 g/mol. The fourth-order valence-electron chi connectivity index (χ4n) is 3.31. The number of amides is 1. The predicted molar refractivity (Wildman–Crippen MR) is 113 cm³/mol. The molecule has 1 atom stereocenters. The first-order valence-electron chi connectivity index (χ1n) is 9.91. The summed E-state index contributed by atoms with van der Waals surface area (Å²) in [5, 5.41) is 6.22. The zero-order valence-corrected chi connectivity index (χ0v) is 18.1. The van der Waals surface area contributed by atoms with E-state index in [2.05, 4.69) is 28.7 Å². The van der Waals surface area contributed by atoms with E-state index in [1.807, 2.05) is 25.3 Å². The zero-order valence-electron chi connectivity index (χ0n) is 17.3. The van der Waals surface area contributed by atoms with Gasteiger partial charge in [-0.15, -0.1) is 11.3 Å². The van der Waals surface area contributed by atoms with Gasteiger partial charge in [-0.25, -0.2) is 4.98 Å². The van der Waals surface area contributed by atoms with E-state index >= 15 is 0 Å². The van der Waals surface area contributed by atoms with E-state index in [9.17, 15) is 4.79 Å². The molecular formula is C21H33N3O2S.